The van der Waals surface area contributed by atoms with Gasteiger partial charge in [-0.1, -0.05) is 44.2 Å². The summed E-state index contributed by atoms with van der Waals surface area (Å²) in [6, 6.07) is 9.30. The number of urea groups is 1. The second-order valence-corrected chi connectivity index (χ2v) is 6.04. The van der Waals surface area contributed by atoms with Gasteiger partial charge in [-0.05, 0) is 5.92 Å². The van der Waals surface area contributed by atoms with Crippen molar-refractivity contribution in [3.63, 3.8) is 0 Å². The molecule has 2 rings (SSSR count). The molecule has 0 aliphatic heterocycles. The van der Waals surface area contributed by atoms with Crippen molar-refractivity contribution >= 4 is 28.4 Å². The number of aromatic nitrogens is 1. The van der Waals surface area contributed by atoms with E-state index in [1.54, 1.807) is 0 Å². The maximum absolute atomic E-state index is 11.7. The highest BCUT2D eigenvalue weighted by atomic mass is 32.1. The summed E-state index contributed by atoms with van der Waals surface area (Å²) in [4.78, 5) is 28.0. The fourth-order valence-electron chi connectivity index (χ4n) is 1.85. The fourth-order valence-corrected chi connectivity index (χ4v) is 2.84. The van der Waals surface area contributed by atoms with Crippen LogP contribution in [0.15, 0.2) is 30.3 Å². The van der Waals surface area contributed by atoms with Crippen LogP contribution >= 0.6 is 11.3 Å². The van der Waals surface area contributed by atoms with Crippen LogP contribution in [-0.4, -0.2) is 16.9 Å². The Morgan fingerprint density at radius 3 is 2.41 bits per heavy atom. The average molecular weight is 318 g/mol. The largest absolute Gasteiger partial charge is 0.339 e. The van der Waals surface area contributed by atoms with Gasteiger partial charge in [-0.25, -0.2) is 15.2 Å². The predicted molar refractivity (Wildman–Crippen MR) is 87.6 cm³/mol. The third-order valence-corrected chi connectivity index (χ3v) is 4.07. The summed E-state index contributed by atoms with van der Waals surface area (Å²) in [6.07, 6.45) is 0. The van der Waals surface area contributed by atoms with Crippen molar-refractivity contribution in [1.29, 1.82) is 0 Å². The third kappa shape index (κ3) is 4.05. The molecule has 3 N–H and O–H groups in total. The molecular weight excluding hydrogens is 300 g/mol. The van der Waals surface area contributed by atoms with Crippen LogP contribution in [0.3, 0.4) is 0 Å². The minimum Gasteiger partial charge on any atom is -0.282 e. The topological polar surface area (TPSA) is 83.1 Å². The summed E-state index contributed by atoms with van der Waals surface area (Å²) in [5.74, 6) is -0.0520. The molecule has 0 aliphatic rings. The molecule has 0 radical (unpaired) electrons. The molecule has 0 saturated carbocycles. The lowest BCUT2D eigenvalue weighted by molar-refractivity contribution is -0.119. The van der Waals surface area contributed by atoms with E-state index in [1.165, 1.54) is 18.3 Å². The van der Waals surface area contributed by atoms with E-state index < -0.39 is 6.03 Å². The van der Waals surface area contributed by atoms with Gasteiger partial charge in [-0.15, -0.1) is 11.3 Å². The molecule has 22 heavy (non-hydrogen) atoms. The second kappa shape index (κ2) is 7.04. The Morgan fingerprint density at radius 1 is 1.14 bits per heavy atom. The summed E-state index contributed by atoms with van der Waals surface area (Å²) in [6.45, 7) is 5.48. The molecule has 7 heteroatoms. The SMILES string of the molecule is CC(=O)NNC(=O)Nc1nc(-c2ccccc2)c(C(C)C)s1. The van der Waals surface area contributed by atoms with E-state index >= 15 is 0 Å². The molecule has 0 unspecified atom stereocenters. The molecule has 6 nitrogen and oxygen atoms in total. The number of carbonyl (C=O) groups is 2. The van der Waals surface area contributed by atoms with Gasteiger partial charge in [-0.3, -0.25) is 15.5 Å². The van der Waals surface area contributed by atoms with Crippen molar-refractivity contribution in [3.8, 4) is 11.3 Å². The van der Waals surface area contributed by atoms with E-state index in [0.29, 0.717) is 11.0 Å². The first kappa shape index (κ1) is 16.0. The molecule has 0 spiro atoms. The summed E-state index contributed by atoms with van der Waals surface area (Å²) in [5, 5.41) is 3.12. The van der Waals surface area contributed by atoms with Crippen molar-refractivity contribution in [2.75, 3.05) is 5.32 Å². The summed E-state index contributed by atoms with van der Waals surface area (Å²) in [5.41, 5.74) is 6.35. The first-order valence-electron chi connectivity index (χ1n) is 6.87. The highest BCUT2D eigenvalue weighted by Crippen LogP contribution is 2.35. The maximum Gasteiger partial charge on any atom is 0.339 e. The molecule has 1 aromatic carbocycles. The molecule has 2 aromatic rings. The first-order chi connectivity index (χ1) is 10.5. The van der Waals surface area contributed by atoms with Crippen LogP contribution in [0.4, 0.5) is 9.93 Å². The first-order valence-corrected chi connectivity index (χ1v) is 7.68. The van der Waals surface area contributed by atoms with E-state index in [0.717, 1.165) is 16.1 Å². The molecule has 0 fully saturated rings. The van der Waals surface area contributed by atoms with Gasteiger partial charge in [0, 0.05) is 17.4 Å². The smallest absolute Gasteiger partial charge is 0.282 e. The Bertz CT molecular complexity index is 667. The number of anilines is 1. The minimum absolute atomic E-state index is 0.293. The number of thiazole rings is 1. The van der Waals surface area contributed by atoms with Gasteiger partial charge in [0.15, 0.2) is 5.13 Å². The molecule has 116 valence electrons. The number of benzene rings is 1. The average Bonchev–Trinajstić information content (AvgIpc) is 2.90. The van der Waals surface area contributed by atoms with Gasteiger partial charge >= 0.3 is 6.03 Å². The Labute approximate surface area is 132 Å². The van der Waals surface area contributed by atoms with Crippen LogP contribution < -0.4 is 16.2 Å². The van der Waals surface area contributed by atoms with Crippen LogP contribution in [0.5, 0.6) is 0 Å². The van der Waals surface area contributed by atoms with Crippen LogP contribution in [0, 0.1) is 0 Å². The van der Waals surface area contributed by atoms with E-state index in [1.807, 2.05) is 30.3 Å². The third-order valence-electron chi connectivity index (χ3n) is 2.80. The lowest BCUT2D eigenvalue weighted by Gasteiger charge is -2.04. The lowest BCUT2D eigenvalue weighted by Crippen LogP contribution is -2.42. The van der Waals surface area contributed by atoms with Gasteiger partial charge < -0.3 is 0 Å². The summed E-state index contributed by atoms with van der Waals surface area (Å²) in [7, 11) is 0. The minimum atomic E-state index is -0.529. The quantitative estimate of drug-likeness (QED) is 0.760. The highest BCUT2D eigenvalue weighted by Gasteiger charge is 2.17. The molecule has 3 amide bonds. The molecule has 0 bridgehead atoms. The molecule has 1 heterocycles. The summed E-state index contributed by atoms with van der Waals surface area (Å²) >= 11 is 1.43. The number of hydrogen-bond donors (Lipinski definition) is 3. The normalized spacial score (nSPS) is 10.4. The van der Waals surface area contributed by atoms with Gasteiger partial charge in [0.05, 0.1) is 5.69 Å². The molecule has 1 aromatic heterocycles. The van der Waals surface area contributed by atoms with Crippen LogP contribution in [0.2, 0.25) is 0 Å². The standard InChI is InChI=1S/C15H18N4O2S/c1-9(2)13-12(11-7-5-4-6-8-11)16-15(22-13)17-14(21)19-18-10(3)20/h4-9H,1-3H3,(H,18,20)(H2,16,17,19,21). The lowest BCUT2D eigenvalue weighted by atomic mass is 10.1. The van der Waals surface area contributed by atoms with E-state index in [2.05, 4.69) is 35.0 Å². The Morgan fingerprint density at radius 2 is 1.82 bits per heavy atom. The zero-order valence-electron chi connectivity index (χ0n) is 12.6. The van der Waals surface area contributed by atoms with Gasteiger partial charge in [0.1, 0.15) is 0 Å². The Kier molecular flexibility index (Phi) is 5.11. The van der Waals surface area contributed by atoms with E-state index in [9.17, 15) is 9.59 Å². The van der Waals surface area contributed by atoms with Crippen LogP contribution in [-0.2, 0) is 4.79 Å². The number of nitrogens with one attached hydrogen (secondary N) is 3. The monoisotopic (exact) mass is 318 g/mol. The molecular formula is C15H18N4O2S. The van der Waals surface area contributed by atoms with E-state index in [-0.39, 0.29) is 5.91 Å². The predicted octanol–water partition coefficient (Wildman–Crippen LogP) is 3.11. The zero-order valence-corrected chi connectivity index (χ0v) is 13.5. The Hall–Kier alpha value is -2.41. The number of carbonyl (C=O) groups excluding carboxylic acids is 2. The van der Waals surface area contributed by atoms with Gasteiger partial charge in [0.2, 0.25) is 5.91 Å². The molecule has 0 aliphatic carbocycles. The number of rotatable bonds is 3. The van der Waals surface area contributed by atoms with Crippen molar-refractivity contribution in [2.24, 2.45) is 0 Å². The van der Waals surface area contributed by atoms with E-state index in [4.69, 9.17) is 0 Å². The maximum atomic E-state index is 11.7. The van der Waals surface area contributed by atoms with Gasteiger partial charge in [0.25, 0.3) is 0 Å². The van der Waals surface area contributed by atoms with Crippen molar-refractivity contribution in [1.82, 2.24) is 15.8 Å². The highest BCUT2D eigenvalue weighted by molar-refractivity contribution is 7.16. The van der Waals surface area contributed by atoms with Crippen LogP contribution in [0.1, 0.15) is 31.6 Å². The second-order valence-electron chi connectivity index (χ2n) is 5.01. The van der Waals surface area contributed by atoms with Crippen LogP contribution in [0.25, 0.3) is 11.3 Å². The fraction of sp³-hybridized carbons (Fsp3) is 0.267. The van der Waals surface area contributed by atoms with Crippen molar-refractivity contribution in [2.45, 2.75) is 26.7 Å². The zero-order chi connectivity index (χ0) is 16.1. The number of hydrogen-bond acceptors (Lipinski definition) is 4. The summed E-state index contributed by atoms with van der Waals surface area (Å²) < 4.78 is 0. The number of amides is 3. The molecule has 0 saturated heterocycles. The Balaban J connectivity index is 2.20. The number of nitrogens with zero attached hydrogens (tertiary/aromatic N) is 1. The van der Waals surface area contributed by atoms with Gasteiger partial charge in [-0.2, -0.15) is 0 Å². The van der Waals surface area contributed by atoms with Crippen molar-refractivity contribution in [3.05, 3.63) is 35.2 Å². The number of hydrazine groups is 1. The van der Waals surface area contributed by atoms with Crippen molar-refractivity contribution < 1.29 is 9.59 Å². The molecule has 0 atom stereocenters.